The van der Waals surface area contributed by atoms with Crippen molar-refractivity contribution in [1.82, 2.24) is 0 Å². The van der Waals surface area contributed by atoms with E-state index in [-0.39, 0.29) is 5.41 Å². The number of carbonyl (C=O) groups is 1. The number of nitrogens with zero attached hydrogens (tertiary/aromatic N) is 2. The molecule has 1 aliphatic carbocycles. The smallest absolute Gasteiger partial charge is 0.422 e. The quantitative estimate of drug-likeness (QED) is 0.618. The average molecular weight is 422 g/mol. The van der Waals surface area contributed by atoms with Crippen LogP contribution in [-0.2, 0) is 9.53 Å². The highest BCUT2D eigenvalue weighted by Gasteiger charge is 2.66. The van der Waals surface area contributed by atoms with E-state index in [1.807, 2.05) is 47.8 Å². The van der Waals surface area contributed by atoms with Crippen molar-refractivity contribution in [2.24, 2.45) is 15.9 Å². The first-order valence-corrected chi connectivity index (χ1v) is 10.2. The molecule has 1 aliphatic heterocycles. The fraction of sp³-hybridized carbons (Fsp3) is 0.429. The normalized spacial score (nSPS) is 20.7. The largest absolute Gasteiger partial charge is 0.456 e. The van der Waals surface area contributed by atoms with E-state index >= 15 is 0 Å². The Balaban J connectivity index is 1.73. The molecule has 2 aromatic rings. The Bertz CT molecular complexity index is 919. The van der Waals surface area contributed by atoms with Gasteiger partial charge in [0, 0.05) is 5.41 Å². The second-order valence-electron chi connectivity index (χ2n) is 8.08. The standard InChI is InChI=1S/C21H21F3N2O2S/c1-19(2,18(27)28-13-21(22,23)24)17-20(10-11-20)16(15-9-6-12-29-15)25-26(17)14-7-4-3-5-8-14/h3-9,12,17H,10-11,13H2,1-2H3. The number of rotatable bonds is 5. The number of alkyl halides is 3. The molecule has 0 amide bonds. The first kappa shape index (κ1) is 19.9. The highest BCUT2D eigenvalue weighted by atomic mass is 32.1. The zero-order valence-corrected chi connectivity index (χ0v) is 16.9. The van der Waals surface area contributed by atoms with Gasteiger partial charge < -0.3 is 4.74 Å². The summed E-state index contributed by atoms with van der Waals surface area (Å²) in [5.41, 5.74) is 0.131. The van der Waals surface area contributed by atoms with E-state index in [1.165, 1.54) is 0 Å². The molecule has 0 bridgehead atoms. The molecule has 1 aromatic heterocycles. The maximum Gasteiger partial charge on any atom is 0.422 e. The Kier molecular flexibility index (Phi) is 4.72. The number of hydrogen-bond donors (Lipinski definition) is 0. The number of carbonyl (C=O) groups excluding carboxylic acids is 1. The van der Waals surface area contributed by atoms with Gasteiger partial charge in [-0.05, 0) is 50.3 Å². The van der Waals surface area contributed by atoms with Crippen molar-refractivity contribution in [3.05, 3.63) is 52.7 Å². The molecule has 1 fully saturated rings. The van der Waals surface area contributed by atoms with Gasteiger partial charge in [-0.25, -0.2) is 0 Å². The number of esters is 1. The van der Waals surface area contributed by atoms with Gasteiger partial charge in [-0.3, -0.25) is 9.80 Å². The summed E-state index contributed by atoms with van der Waals surface area (Å²) in [6.07, 6.45) is -2.90. The van der Waals surface area contributed by atoms with E-state index in [2.05, 4.69) is 4.74 Å². The Labute approximate surface area is 171 Å². The lowest BCUT2D eigenvalue weighted by atomic mass is 9.73. The molecule has 1 aromatic carbocycles. The molecule has 0 saturated heterocycles. The highest BCUT2D eigenvalue weighted by Crippen LogP contribution is 2.61. The molecule has 29 heavy (non-hydrogen) atoms. The number of benzene rings is 1. The van der Waals surface area contributed by atoms with E-state index in [4.69, 9.17) is 5.10 Å². The molecule has 154 valence electrons. The van der Waals surface area contributed by atoms with Gasteiger partial charge in [0.25, 0.3) is 0 Å². The van der Waals surface area contributed by atoms with Crippen LogP contribution in [0.2, 0.25) is 0 Å². The molecule has 1 spiro atoms. The third-order valence-corrected chi connectivity index (χ3v) is 6.46. The molecular formula is C21H21F3N2O2S. The zero-order chi connectivity index (χ0) is 20.9. The molecule has 1 saturated carbocycles. The number of hydrogen-bond acceptors (Lipinski definition) is 5. The SMILES string of the molecule is CC(C)(C(=O)OCC(F)(F)F)C1N(c2ccccc2)N=C(c2cccs2)C12CC2. The molecule has 4 nitrogen and oxygen atoms in total. The van der Waals surface area contributed by atoms with Crippen LogP contribution >= 0.6 is 11.3 Å². The minimum Gasteiger partial charge on any atom is -0.456 e. The Morgan fingerprint density at radius 1 is 1.21 bits per heavy atom. The number of hydrazone groups is 1. The lowest BCUT2D eigenvalue weighted by molar-refractivity contribution is -0.193. The van der Waals surface area contributed by atoms with Gasteiger partial charge in [0.1, 0.15) is 0 Å². The molecule has 1 unspecified atom stereocenters. The maximum atomic E-state index is 12.8. The number of thiophene rings is 1. The molecule has 8 heteroatoms. The van der Waals surface area contributed by atoms with Crippen LogP contribution in [0, 0.1) is 10.8 Å². The van der Waals surface area contributed by atoms with Crippen molar-refractivity contribution in [2.45, 2.75) is 38.9 Å². The summed E-state index contributed by atoms with van der Waals surface area (Å²) in [6.45, 7) is 1.72. The first-order chi connectivity index (χ1) is 13.7. The highest BCUT2D eigenvalue weighted by molar-refractivity contribution is 7.12. The summed E-state index contributed by atoms with van der Waals surface area (Å²) in [5.74, 6) is -0.866. The van der Waals surface area contributed by atoms with Gasteiger partial charge in [-0.15, -0.1) is 11.3 Å². The van der Waals surface area contributed by atoms with Gasteiger partial charge in [0.2, 0.25) is 0 Å². The van der Waals surface area contributed by atoms with Crippen LogP contribution in [0.15, 0.2) is 52.9 Å². The van der Waals surface area contributed by atoms with E-state index in [1.54, 1.807) is 30.2 Å². The molecular weight excluding hydrogens is 401 g/mol. The summed E-state index contributed by atoms with van der Waals surface area (Å²) in [5, 5.41) is 8.66. The van der Waals surface area contributed by atoms with Crippen LogP contribution in [0.5, 0.6) is 0 Å². The van der Waals surface area contributed by atoms with Gasteiger partial charge in [0.15, 0.2) is 6.61 Å². The molecule has 4 rings (SSSR count). The molecule has 2 heterocycles. The Morgan fingerprint density at radius 3 is 2.45 bits per heavy atom. The summed E-state index contributed by atoms with van der Waals surface area (Å²) >= 11 is 1.57. The number of anilines is 1. The van der Waals surface area contributed by atoms with Crippen molar-refractivity contribution in [3.8, 4) is 0 Å². The second-order valence-corrected chi connectivity index (χ2v) is 9.03. The Morgan fingerprint density at radius 2 is 1.90 bits per heavy atom. The van der Waals surface area contributed by atoms with E-state index in [0.29, 0.717) is 0 Å². The van der Waals surface area contributed by atoms with E-state index in [0.717, 1.165) is 29.1 Å². The molecule has 0 N–H and O–H groups in total. The van der Waals surface area contributed by atoms with Crippen LogP contribution in [0.1, 0.15) is 31.6 Å². The van der Waals surface area contributed by atoms with E-state index in [9.17, 15) is 18.0 Å². The minimum atomic E-state index is -4.56. The topological polar surface area (TPSA) is 41.9 Å². The third kappa shape index (κ3) is 3.54. The summed E-state index contributed by atoms with van der Waals surface area (Å²) in [7, 11) is 0. The second kappa shape index (κ2) is 6.86. The van der Waals surface area contributed by atoms with Crippen LogP contribution in [-0.4, -0.2) is 30.5 Å². The molecule has 2 aliphatic rings. The lowest BCUT2D eigenvalue weighted by Crippen LogP contribution is -2.51. The van der Waals surface area contributed by atoms with Crippen LogP contribution in [0.25, 0.3) is 0 Å². The van der Waals surface area contributed by atoms with Crippen molar-refractivity contribution < 1.29 is 22.7 Å². The monoisotopic (exact) mass is 422 g/mol. The summed E-state index contributed by atoms with van der Waals surface area (Å²) in [6, 6.07) is 12.9. The van der Waals surface area contributed by atoms with Gasteiger partial charge in [-0.1, -0.05) is 24.3 Å². The van der Waals surface area contributed by atoms with E-state index < -0.39 is 30.2 Å². The van der Waals surface area contributed by atoms with Gasteiger partial charge >= 0.3 is 12.1 Å². The number of halogens is 3. The third-order valence-electron chi connectivity index (χ3n) is 5.59. The van der Waals surface area contributed by atoms with Gasteiger partial charge in [-0.2, -0.15) is 18.3 Å². The predicted molar refractivity (Wildman–Crippen MR) is 106 cm³/mol. The minimum absolute atomic E-state index is 0.374. The van der Waals surface area contributed by atoms with Crippen LogP contribution < -0.4 is 5.01 Å². The first-order valence-electron chi connectivity index (χ1n) is 9.36. The summed E-state index contributed by atoms with van der Waals surface area (Å²) < 4.78 is 42.6. The fourth-order valence-electron chi connectivity index (χ4n) is 4.21. The van der Waals surface area contributed by atoms with Crippen molar-refractivity contribution in [3.63, 3.8) is 0 Å². The maximum absolute atomic E-state index is 12.8. The number of para-hydroxylation sites is 1. The summed E-state index contributed by atoms with van der Waals surface area (Å²) in [4.78, 5) is 13.8. The van der Waals surface area contributed by atoms with Crippen LogP contribution in [0.4, 0.5) is 18.9 Å². The molecule has 0 radical (unpaired) electrons. The fourth-order valence-corrected chi connectivity index (χ4v) is 5.03. The Hall–Kier alpha value is -2.35. The predicted octanol–water partition coefficient (Wildman–Crippen LogP) is 5.25. The van der Waals surface area contributed by atoms with Crippen LogP contribution in [0.3, 0.4) is 0 Å². The van der Waals surface area contributed by atoms with Crippen molar-refractivity contribution >= 4 is 28.7 Å². The lowest BCUT2D eigenvalue weighted by Gasteiger charge is -2.39. The van der Waals surface area contributed by atoms with Gasteiger partial charge in [0.05, 0.1) is 27.7 Å². The zero-order valence-electron chi connectivity index (χ0n) is 16.1. The number of ether oxygens (including phenoxy) is 1. The average Bonchev–Trinajstić information content (AvgIpc) is 3.11. The van der Waals surface area contributed by atoms with Crippen molar-refractivity contribution in [1.29, 1.82) is 0 Å². The van der Waals surface area contributed by atoms with Crippen molar-refractivity contribution in [2.75, 3.05) is 11.6 Å². The molecule has 1 atom stereocenters.